The van der Waals surface area contributed by atoms with Gasteiger partial charge in [-0.05, 0) is 50.2 Å². The lowest BCUT2D eigenvalue weighted by Gasteiger charge is -2.14. The van der Waals surface area contributed by atoms with Crippen LogP contribution in [0.1, 0.15) is 13.8 Å². The van der Waals surface area contributed by atoms with Gasteiger partial charge in [0.1, 0.15) is 16.8 Å². The molecule has 1 atom stereocenters. The van der Waals surface area contributed by atoms with Crippen LogP contribution < -0.4 is 10.1 Å². The number of aromatic nitrogens is 1. The number of hydrogen-bond donors (Lipinski definition) is 1. The van der Waals surface area contributed by atoms with E-state index in [-0.39, 0.29) is 5.97 Å². The molecule has 0 aliphatic rings. The number of nitrogens with one attached hydrogen (secondary N) is 1. The number of rotatable bonds is 6. The van der Waals surface area contributed by atoms with Crippen LogP contribution in [-0.4, -0.2) is 23.6 Å². The van der Waals surface area contributed by atoms with E-state index in [2.05, 4.69) is 10.3 Å². The number of carbonyl (C=O) groups excluding carboxylic acids is 1. The highest BCUT2D eigenvalue weighted by molar-refractivity contribution is 6.31. The molecule has 0 radical (unpaired) electrons. The molecule has 1 unspecified atom stereocenters. The number of nitrogens with zero attached hydrogens (tertiary/aromatic N) is 1. The molecule has 1 aromatic heterocycles. The van der Waals surface area contributed by atoms with Crippen molar-refractivity contribution in [1.29, 1.82) is 0 Å². The average Bonchev–Trinajstić information content (AvgIpc) is 2.51. The Hall–Kier alpha value is -2.27. The second kappa shape index (κ2) is 7.66. The van der Waals surface area contributed by atoms with Gasteiger partial charge in [-0.15, -0.1) is 0 Å². The molecule has 0 spiro atoms. The van der Waals surface area contributed by atoms with Gasteiger partial charge in [-0.2, -0.15) is 0 Å². The van der Waals surface area contributed by atoms with Crippen LogP contribution in [0.5, 0.6) is 11.6 Å². The van der Waals surface area contributed by atoms with Gasteiger partial charge in [0.15, 0.2) is 0 Å². The quantitative estimate of drug-likeness (QED) is 0.818. The number of anilines is 1. The predicted octanol–water partition coefficient (Wildman–Crippen LogP) is 3.89. The lowest BCUT2D eigenvalue weighted by molar-refractivity contribution is -0.143. The molecule has 0 saturated heterocycles. The zero-order valence-corrected chi connectivity index (χ0v) is 13.1. The maximum Gasteiger partial charge on any atom is 0.328 e. The third-order valence-electron chi connectivity index (χ3n) is 2.82. The summed E-state index contributed by atoms with van der Waals surface area (Å²) >= 11 is 5.99. The average molecular weight is 321 g/mol. The molecule has 1 heterocycles. The van der Waals surface area contributed by atoms with E-state index in [0.717, 1.165) is 5.69 Å². The molecule has 0 saturated carbocycles. The van der Waals surface area contributed by atoms with Gasteiger partial charge in [0.2, 0.25) is 5.88 Å². The Morgan fingerprint density at radius 2 is 2.05 bits per heavy atom. The van der Waals surface area contributed by atoms with Crippen molar-refractivity contribution in [2.45, 2.75) is 19.9 Å². The first-order valence-electron chi connectivity index (χ1n) is 6.91. The maximum absolute atomic E-state index is 11.6. The molecular weight excluding hydrogens is 304 g/mol. The van der Waals surface area contributed by atoms with Gasteiger partial charge >= 0.3 is 5.97 Å². The van der Waals surface area contributed by atoms with Crippen LogP contribution >= 0.6 is 11.6 Å². The Kier molecular flexibility index (Phi) is 5.61. The summed E-state index contributed by atoms with van der Waals surface area (Å²) < 4.78 is 10.5. The van der Waals surface area contributed by atoms with E-state index in [1.807, 2.05) is 12.1 Å². The van der Waals surface area contributed by atoms with Gasteiger partial charge in [-0.1, -0.05) is 11.6 Å². The third kappa shape index (κ3) is 4.36. The summed E-state index contributed by atoms with van der Waals surface area (Å²) in [6.07, 6.45) is 1.61. The van der Waals surface area contributed by atoms with Crippen LogP contribution in [0.4, 0.5) is 5.69 Å². The van der Waals surface area contributed by atoms with Crippen molar-refractivity contribution < 1.29 is 14.3 Å². The van der Waals surface area contributed by atoms with Gasteiger partial charge in [0.25, 0.3) is 0 Å². The molecule has 1 aromatic carbocycles. The minimum Gasteiger partial charge on any atom is -0.464 e. The van der Waals surface area contributed by atoms with Gasteiger partial charge in [0, 0.05) is 11.9 Å². The Labute approximate surface area is 134 Å². The highest BCUT2D eigenvalue weighted by Crippen LogP contribution is 2.27. The van der Waals surface area contributed by atoms with Crippen molar-refractivity contribution >= 4 is 23.3 Å². The Bertz CT molecular complexity index is 632. The first-order chi connectivity index (χ1) is 10.6. The summed E-state index contributed by atoms with van der Waals surface area (Å²) in [5.74, 6) is 0.669. The van der Waals surface area contributed by atoms with E-state index in [1.54, 1.807) is 44.3 Å². The van der Waals surface area contributed by atoms with Crippen molar-refractivity contribution in [3.05, 3.63) is 47.6 Å². The fourth-order valence-corrected chi connectivity index (χ4v) is 1.91. The first kappa shape index (κ1) is 16.1. The molecule has 22 heavy (non-hydrogen) atoms. The topological polar surface area (TPSA) is 60.5 Å². The smallest absolute Gasteiger partial charge is 0.328 e. The van der Waals surface area contributed by atoms with E-state index >= 15 is 0 Å². The largest absolute Gasteiger partial charge is 0.464 e. The number of benzene rings is 1. The molecule has 0 fully saturated rings. The van der Waals surface area contributed by atoms with E-state index in [9.17, 15) is 4.79 Å². The second-order valence-corrected chi connectivity index (χ2v) is 4.94. The highest BCUT2D eigenvalue weighted by Gasteiger charge is 2.13. The van der Waals surface area contributed by atoms with Crippen molar-refractivity contribution in [2.75, 3.05) is 11.9 Å². The van der Waals surface area contributed by atoms with Crippen molar-refractivity contribution in [1.82, 2.24) is 4.98 Å². The fraction of sp³-hybridized carbons (Fsp3) is 0.250. The lowest BCUT2D eigenvalue weighted by Crippen LogP contribution is -2.28. The maximum atomic E-state index is 11.6. The van der Waals surface area contributed by atoms with Gasteiger partial charge in [0.05, 0.1) is 6.61 Å². The van der Waals surface area contributed by atoms with Crippen molar-refractivity contribution in [3.8, 4) is 11.6 Å². The van der Waals surface area contributed by atoms with Crippen LogP contribution in [0.3, 0.4) is 0 Å². The minimum atomic E-state index is -0.419. The molecular formula is C16H17ClN2O3. The van der Waals surface area contributed by atoms with Crippen LogP contribution in [0.25, 0.3) is 0 Å². The van der Waals surface area contributed by atoms with Crippen molar-refractivity contribution in [3.63, 3.8) is 0 Å². The third-order valence-corrected chi connectivity index (χ3v) is 3.10. The molecule has 2 rings (SSSR count). The predicted molar refractivity (Wildman–Crippen MR) is 85.5 cm³/mol. The van der Waals surface area contributed by atoms with Gasteiger partial charge in [-0.3, -0.25) is 0 Å². The minimum absolute atomic E-state index is 0.289. The summed E-state index contributed by atoms with van der Waals surface area (Å²) in [6, 6.07) is 10.2. The number of halogens is 1. The zero-order chi connectivity index (χ0) is 15.9. The molecule has 6 heteroatoms. The molecule has 1 N–H and O–H groups in total. The van der Waals surface area contributed by atoms with Crippen LogP contribution in [0.2, 0.25) is 5.02 Å². The molecule has 0 aliphatic heterocycles. The zero-order valence-electron chi connectivity index (χ0n) is 12.4. The Morgan fingerprint density at radius 3 is 2.68 bits per heavy atom. The van der Waals surface area contributed by atoms with Crippen LogP contribution in [0, 0.1) is 0 Å². The Balaban J connectivity index is 1.99. The summed E-state index contributed by atoms with van der Waals surface area (Å²) in [5.41, 5.74) is 0.792. The van der Waals surface area contributed by atoms with E-state index in [4.69, 9.17) is 21.1 Å². The molecule has 5 nitrogen and oxygen atoms in total. The van der Waals surface area contributed by atoms with E-state index < -0.39 is 6.04 Å². The monoisotopic (exact) mass is 320 g/mol. The lowest BCUT2D eigenvalue weighted by atomic mass is 10.2. The summed E-state index contributed by atoms with van der Waals surface area (Å²) in [7, 11) is 0. The molecule has 2 aromatic rings. The fourth-order valence-electron chi connectivity index (χ4n) is 1.75. The second-order valence-electron chi connectivity index (χ2n) is 4.53. The summed E-state index contributed by atoms with van der Waals surface area (Å²) in [4.78, 5) is 15.6. The van der Waals surface area contributed by atoms with E-state index in [0.29, 0.717) is 23.3 Å². The van der Waals surface area contributed by atoms with Crippen LogP contribution in [-0.2, 0) is 9.53 Å². The summed E-state index contributed by atoms with van der Waals surface area (Å²) in [6.45, 7) is 3.89. The Morgan fingerprint density at radius 1 is 1.32 bits per heavy atom. The molecule has 116 valence electrons. The number of carbonyl (C=O) groups is 1. The van der Waals surface area contributed by atoms with Crippen molar-refractivity contribution in [2.24, 2.45) is 0 Å². The normalized spacial score (nSPS) is 11.6. The summed E-state index contributed by atoms with van der Waals surface area (Å²) in [5, 5.41) is 3.50. The SMILES string of the molecule is CCOC(=O)C(C)Nc1ccc(Oc2ncccc2Cl)cc1. The molecule has 0 amide bonds. The van der Waals surface area contributed by atoms with Crippen LogP contribution in [0.15, 0.2) is 42.6 Å². The first-order valence-corrected chi connectivity index (χ1v) is 7.29. The molecule has 0 bridgehead atoms. The van der Waals surface area contributed by atoms with Gasteiger partial charge in [-0.25, -0.2) is 9.78 Å². The van der Waals surface area contributed by atoms with Gasteiger partial charge < -0.3 is 14.8 Å². The molecule has 0 aliphatic carbocycles. The number of hydrogen-bond acceptors (Lipinski definition) is 5. The number of pyridine rings is 1. The highest BCUT2D eigenvalue weighted by atomic mass is 35.5. The number of esters is 1. The van der Waals surface area contributed by atoms with E-state index in [1.165, 1.54) is 0 Å². The standard InChI is InChI=1S/C16H17ClN2O3/c1-3-21-16(20)11(2)19-12-6-8-13(9-7-12)22-15-14(17)5-4-10-18-15/h4-11,19H,3H2,1-2H3. The number of ether oxygens (including phenoxy) is 2.